The number of unbranched alkanes of at least 4 members (excludes halogenated alkanes) is 2. The second-order valence-electron chi connectivity index (χ2n) is 27.9. The first kappa shape index (κ1) is 89.4. The molecule has 0 saturated carbocycles. The predicted octanol–water partition coefficient (Wildman–Crippen LogP) is 5.46. The van der Waals surface area contributed by atoms with E-state index in [1.165, 1.54) is 30.3 Å². The molecule has 2 aliphatic heterocycles. The van der Waals surface area contributed by atoms with Gasteiger partial charge in [-0.1, -0.05) is 62.4 Å². The number of carboxylic acids is 4. The first-order chi connectivity index (χ1) is 52.5. The number of hydrogen-bond acceptors (Lipinski definition) is 21. The molecule has 12 N–H and O–H groups in total. The van der Waals surface area contributed by atoms with Gasteiger partial charge in [-0.05, 0) is 148 Å². The van der Waals surface area contributed by atoms with Crippen LogP contribution in [0.15, 0.2) is 148 Å². The zero-order chi connectivity index (χ0) is 82.5. The highest BCUT2D eigenvalue weighted by atomic mass is 32.2. The van der Waals surface area contributed by atoms with Crippen molar-refractivity contribution in [2.45, 2.75) is 162 Å². The van der Waals surface area contributed by atoms with E-state index in [-0.39, 0.29) is 114 Å². The number of urea groups is 1. The molecular formula is C74H93N7O27S4. The second-order valence-corrected chi connectivity index (χ2v) is 33.8. The van der Waals surface area contributed by atoms with Crippen LogP contribution in [0.25, 0.3) is 0 Å². The Kier molecular flexibility index (Phi) is 31.6. The topological polar surface area (TPSA) is 532 Å². The third kappa shape index (κ3) is 26.7. The van der Waals surface area contributed by atoms with Crippen LogP contribution in [-0.4, -0.2) is 212 Å². The highest BCUT2D eigenvalue weighted by Crippen LogP contribution is 2.49. The lowest BCUT2D eigenvalue weighted by Gasteiger charge is -2.27. The number of carbonyl (C=O) groups excluding carboxylic acids is 4. The number of nitrogens with one attached hydrogen (secondary N) is 5. The molecule has 0 aromatic heterocycles. The molecule has 3 aliphatic rings. The van der Waals surface area contributed by atoms with Crippen molar-refractivity contribution in [3.05, 3.63) is 160 Å². The Hall–Kier alpha value is -9.77. The first-order valence-corrected chi connectivity index (χ1v) is 41.8. The molecule has 0 spiro atoms. The summed E-state index contributed by atoms with van der Waals surface area (Å²) in [5.41, 5.74) is 3.85. The van der Waals surface area contributed by atoms with E-state index >= 15 is 0 Å². The van der Waals surface area contributed by atoms with Gasteiger partial charge in [0.25, 0.3) is 30.4 Å². The van der Waals surface area contributed by atoms with Crippen LogP contribution >= 0.6 is 0 Å². The maximum absolute atomic E-state index is 14.2. The summed E-state index contributed by atoms with van der Waals surface area (Å²) in [6, 6.07) is 16.0. The van der Waals surface area contributed by atoms with Crippen molar-refractivity contribution >= 4 is 105 Å². The zero-order valence-electron chi connectivity index (χ0n) is 61.9. The van der Waals surface area contributed by atoms with E-state index in [2.05, 4.69) is 16.0 Å². The maximum Gasteiger partial charge on any atom is 0.326 e. The third-order valence-electron chi connectivity index (χ3n) is 18.8. The van der Waals surface area contributed by atoms with Crippen LogP contribution in [0, 0.1) is 0 Å². The SMILES string of the molecule is CC1(C)C(/C=C/C2=C(Oc3ccc(C[C@H](NC(=O)[C@H](Cc4ccccc4)NC(=O)CCOCCOCCNC(=O)CC[C@H](NC(=O)N[C@@H](CCC(=O)O)C(=O)O)C(=O)O)C(=O)O)cc3)C(=C/C=C3/N(CCCCS(=O)(=O)O)c4ccc(S(=O)(=O)O)cc4C3(C)C)/CCC2)=[N+](CCCCS(=O)(=O)O)c2ccc(S(=O)(=O)[O-])cc21. The fourth-order valence-electron chi connectivity index (χ4n) is 13.0. The van der Waals surface area contributed by atoms with Crippen molar-refractivity contribution in [1.29, 1.82) is 0 Å². The van der Waals surface area contributed by atoms with E-state index in [1.807, 2.05) is 72.1 Å². The van der Waals surface area contributed by atoms with Crippen molar-refractivity contribution in [2.24, 2.45) is 0 Å². The Balaban J connectivity index is 1.06. The first-order valence-electron chi connectivity index (χ1n) is 35.7. The van der Waals surface area contributed by atoms with Gasteiger partial charge in [-0.2, -0.15) is 29.8 Å². The normalized spacial score (nSPS) is 16.6. The van der Waals surface area contributed by atoms with Crippen molar-refractivity contribution < 1.29 is 129 Å². The summed E-state index contributed by atoms with van der Waals surface area (Å²) >= 11 is 0. The van der Waals surface area contributed by atoms with Gasteiger partial charge in [0.05, 0.1) is 53.1 Å². The zero-order valence-corrected chi connectivity index (χ0v) is 65.1. The smallest absolute Gasteiger partial charge is 0.326 e. The fraction of sp³-hybridized carbons (Fsp3) is 0.446. The minimum atomic E-state index is -4.91. The summed E-state index contributed by atoms with van der Waals surface area (Å²) in [4.78, 5) is 100. The van der Waals surface area contributed by atoms with Crippen LogP contribution in [0.4, 0.5) is 16.2 Å². The Bertz CT molecular complexity index is 4790. The number of ether oxygens (including phenoxy) is 3. The lowest BCUT2D eigenvalue weighted by Crippen LogP contribution is -2.53. The van der Waals surface area contributed by atoms with Crippen LogP contribution in [0.3, 0.4) is 0 Å². The summed E-state index contributed by atoms with van der Waals surface area (Å²) in [6.45, 7) is 7.63. The Morgan fingerprint density at radius 2 is 1.18 bits per heavy atom. The molecule has 4 atom stereocenters. The van der Waals surface area contributed by atoms with Crippen molar-refractivity contribution in [3.8, 4) is 5.75 Å². The average Bonchev–Trinajstić information content (AvgIpc) is 1.59. The molecule has 0 unspecified atom stereocenters. The van der Waals surface area contributed by atoms with Crippen molar-refractivity contribution in [3.63, 3.8) is 0 Å². The van der Waals surface area contributed by atoms with Crippen LogP contribution in [0.2, 0.25) is 0 Å². The lowest BCUT2D eigenvalue weighted by molar-refractivity contribution is -0.438. The van der Waals surface area contributed by atoms with Crippen molar-refractivity contribution in [2.75, 3.05) is 62.5 Å². The summed E-state index contributed by atoms with van der Waals surface area (Å²) in [7, 11) is -18.2. The molecule has 0 radical (unpaired) electrons. The number of rotatable bonds is 44. The molecule has 7 rings (SSSR count). The number of anilines is 1. The molecule has 0 saturated heterocycles. The van der Waals surface area contributed by atoms with E-state index in [9.17, 15) is 106 Å². The quantitative estimate of drug-likeness (QED) is 0.0148. The molecule has 5 amide bonds. The molecule has 38 heteroatoms. The van der Waals surface area contributed by atoms with Gasteiger partial charge in [-0.3, -0.25) is 32.8 Å². The number of allylic oxidation sites excluding steroid dienone is 7. The van der Waals surface area contributed by atoms with E-state index < -0.39 is 152 Å². The van der Waals surface area contributed by atoms with Gasteiger partial charge in [0.15, 0.2) is 5.71 Å². The Morgan fingerprint density at radius 1 is 0.589 bits per heavy atom. The number of hydrogen-bond donors (Lipinski definition) is 12. The van der Waals surface area contributed by atoms with Gasteiger partial charge in [-0.15, -0.1) is 0 Å². The van der Waals surface area contributed by atoms with E-state index in [0.717, 1.165) is 0 Å². The Labute approximate surface area is 648 Å². The van der Waals surface area contributed by atoms with Gasteiger partial charge in [0.1, 0.15) is 52.3 Å². The minimum absolute atomic E-state index is 0.00654. The van der Waals surface area contributed by atoms with E-state index in [0.29, 0.717) is 81.2 Å². The van der Waals surface area contributed by atoms with Gasteiger partial charge in [0.2, 0.25) is 23.4 Å². The molecule has 4 aromatic carbocycles. The minimum Gasteiger partial charge on any atom is -0.744 e. The van der Waals surface area contributed by atoms with Gasteiger partial charge < -0.3 is 70.7 Å². The highest BCUT2D eigenvalue weighted by molar-refractivity contribution is 7.86. The molecule has 0 bridgehead atoms. The molecule has 2 heterocycles. The summed E-state index contributed by atoms with van der Waals surface area (Å²) < 4.78 is 158. The number of amides is 5. The van der Waals surface area contributed by atoms with Crippen molar-refractivity contribution in [1.82, 2.24) is 26.6 Å². The molecular weight excluding hydrogens is 1550 g/mol. The summed E-state index contributed by atoms with van der Waals surface area (Å²) in [5, 5.41) is 50.0. The molecule has 1 aliphatic carbocycles. The largest absolute Gasteiger partial charge is 0.744 e. The van der Waals surface area contributed by atoms with Crippen LogP contribution in [-0.2, 0) is 107 Å². The molecule has 34 nitrogen and oxygen atoms in total. The number of nitrogens with zero attached hydrogens (tertiary/aromatic N) is 2. The number of carboxylic acid groups (broad SMARTS) is 4. The standard InChI is InChI=1S/C74H93N7O27S4/c1-73(2)54-45-52(111(100,101)102)23-27-60(54)80(35-8-10-41-109(94,95)96)62(73)29-19-49-15-12-16-50(20-30-63-74(3,4)55-46-53(112(103,104)105)24-28-61(55)81(63)36-9-11-42-110(97,98)99)67(49)108-51-21-17-48(18-22-51)44-59(71(91)92)77-68(86)58(43-47-13-6-5-7-14-47)76-65(83)33-37-106-39-40-107-38-34-75-64(82)31-25-56(69(87)88)78-72(93)79-57(70(89)90)26-32-66(84)85/h5-7,13-14,17-24,27-30,45-46,56-59H,8-12,15-16,25-26,31-44H2,1-4H3,(H12-,75,76,77,78,79,82,83,84,85,86,87,88,89,90,91,92,93,94,95,96,97,98,99,100,101,102,103,104,105)/t56-,57-,58-,59-/m0/s1. The summed E-state index contributed by atoms with van der Waals surface area (Å²) in [5.74, 6) is -8.19. The van der Waals surface area contributed by atoms with Crippen LogP contribution in [0.5, 0.6) is 5.75 Å². The van der Waals surface area contributed by atoms with Crippen LogP contribution in [0.1, 0.15) is 127 Å². The van der Waals surface area contributed by atoms with Gasteiger partial charge in [-0.25, -0.2) is 27.6 Å². The number of benzene rings is 4. The van der Waals surface area contributed by atoms with Gasteiger partial charge >= 0.3 is 29.9 Å². The third-order valence-corrected chi connectivity index (χ3v) is 22.1. The highest BCUT2D eigenvalue weighted by Gasteiger charge is 2.45. The van der Waals surface area contributed by atoms with E-state index in [1.54, 1.807) is 60.7 Å². The second kappa shape index (κ2) is 39.6. The number of fused-ring (bicyclic) bond motifs is 2. The molecule has 112 heavy (non-hydrogen) atoms. The summed E-state index contributed by atoms with van der Waals surface area (Å²) in [6.07, 6.45) is 7.07. The van der Waals surface area contributed by atoms with Gasteiger partial charge in [0, 0.05) is 86.1 Å². The average molecular weight is 1640 g/mol. The Morgan fingerprint density at radius 3 is 1.79 bits per heavy atom. The van der Waals surface area contributed by atoms with E-state index in [4.69, 9.17) is 19.3 Å². The number of aliphatic carboxylic acids is 4. The monoisotopic (exact) mass is 1640 g/mol. The molecule has 0 fully saturated rings. The fourth-order valence-corrected chi connectivity index (χ4v) is 15.2. The maximum atomic E-state index is 14.2. The molecule has 610 valence electrons. The van der Waals surface area contributed by atoms with Crippen LogP contribution < -0.4 is 36.2 Å². The lowest BCUT2D eigenvalue weighted by atomic mass is 9.81. The molecule has 4 aromatic rings. The number of carbonyl (C=O) groups is 8. The predicted molar refractivity (Wildman–Crippen MR) is 404 cm³/mol.